The molecule has 20 heavy (non-hydrogen) atoms. The van der Waals surface area contributed by atoms with Gasteiger partial charge in [-0.25, -0.2) is 8.42 Å². The summed E-state index contributed by atoms with van der Waals surface area (Å²) in [5, 5.41) is 6.92. The second kappa shape index (κ2) is 5.34. The van der Waals surface area contributed by atoms with Gasteiger partial charge in [-0.1, -0.05) is 18.5 Å². The molecule has 108 valence electrons. The van der Waals surface area contributed by atoms with Crippen LogP contribution in [0.5, 0.6) is 0 Å². The van der Waals surface area contributed by atoms with Crippen molar-refractivity contribution in [2.75, 3.05) is 10.5 Å². The summed E-state index contributed by atoms with van der Waals surface area (Å²) in [7, 11) is -3.77. The van der Waals surface area contributed by atoms with Crippen LogP contribution in [0, 0.1) is 6.92 Å². The number of sulfonamides is 1. The van der Waals surface area contributed by atoms with E-state index in [9.17, 15) is 8.42 Å². The Bertz CT molecular complexity index is 717. The van der Waals surface area contributed by atoms with E-state index in [1.165, 1.54) is 12.1 Å². The molecule has 0 fully saturated rings. The number of hydrogen-bond acceptors (Lipinski definition) is 4. The molecule has 2 rings (SSSR count). The summed E-state index contributed by atoms with van der Waals surface area (Å²) in [5.41, 5.74) is 7.56. The molecule has 0 radical (unpaired) electrons. The van der Waals surface area contributed by atoms with Crippen LogP contribution in [-0.2, 0) is 16.4 Å². The Morgan fingerprint density at radius 1 is 1.40 bits per heavy atom. The van der Waals surface area contributed by atoms with Crippen LogP contribution in [0.2, 0.25) is 5.02 Å². The van der Waals surface area contributed by atoms with Crippen molar-refractivity contribution in [3.63, 3.8) is 0 Å². The maximum Gasteiger partial charge on any atom is 0.263 e. The van der Waals surface area contributed by atoms with Crippen LogP contribution in [0.15, 0.2) is 23.1 Å². The van der Waals surface area contributed by atoms with E-state index in [0.717, 1.165) is 12.1 Å². The second-order valence-corrected chi connectivity index (χ2v) is 6.45. The molecule has 1 aromatic heterocycles. The zero-order valence-corrected chi connectivity index (χ0v) is 12.6. The highest BCUT2D eigenvalue weighted by Gasteiger charge is 2.18. The van der Waals surface area contributed by atoms with Gasteiger partial charge in [-0.3, -0.25) is 9.82 Å². The number of aromatic amines is 1. The summed E-state index contributed by atoms with van der Waals surface area (Å²) in [5.74, 6) is 0.233. The van der Waals surface area contributed by atoms with Gasteiger partial charge >= 0.3 is 0 Å². The number of halogens is 1. The van der Waals surface area contributed by atoms with Gasteiger partial charge in [0.1, 0.15) is 0 Å². The fourth-order valence-electron chi connectivity index (χ4n) is 1.62. The van der Waals surface area contributed by atoms with Gasteiger partial charge in [-0.05, 0) is 31.0 Å². The summed E-state index contributed by atoms with van der Waals surface area (Å²) in [6.07, 6.45) is 0.734. The molecule has 6 nitrogen and oxygen atoms in total. The maximum absolute atomic E-state index is 12.2. The minimum atomic E-state index is -3.77. The number of hydrogen-bond donors (Lipinski definition) is 3. The van der Waals surface area contributed by atoms with Crippen molar-refractivity contribution in [1.29, 1.82) is 0 Å². The molecule has 2 aromatic rings. The van der Waals surface area contributed by atoms with Gasteiger partial charge in [-0.2, -0.15) is 5.10 Å². The van der Waals surface area contributed by atoms with Crippen molar-refractivity contribution >= 4 is 33.1 Å². The van der Waals surface area contributed by atoms with Crippen molar-refractivity contribution in [2.24, 2.45) is 0 Å². The van der Waals surface area contributed by atoms with E-state index < -0.39 is 10.0 Å². The molecule has 0 aliphatic rings. The fraction of sp³-hybridized carbons (Fsp3) is 0.250. The number of nitrogens with one attached hydrogen (secondary N) is 2. The Morgan fingerprint density at radius 3 is 2.65 bits per heavy atom. The van der Waals surface area contributed by atoms with Crippen LogP contribution in [0.25, 0.3) is 0 Å². The SMILES string of the molecule is CCc1cc(NS(=O)(=O)c2cc(N)c(C)c(Cl)c2)n[nH]1. The van der Waals surface area contributed by atoms with E-state index >= 15 is 0 Å². The lowest BCUT2D eigenvalue weighted by atomic mass is 10.2. The molecular weight excluding hydrogens is 300 g/mol. The molecule has 1 heterocycles. The molecule has 0 atom stereocenters. The van der Waals surface area contributed by atoms with E-state index in [2.05, 4.69) is 14.9 Å². The van der Waals surface area contributed by atoms with Crippen molar-refractivity contribution in [3.8, 4) is 0 Å². The van der Waals surface area contributed by atoms with Gasteiger partial charge in [-0.15, -0.1) is 0 Å². The number of aromatic nitrogens is 2. The lowest BCUT2D eigenvalue weighted by Gasteiger charge is -2.09. The van der Waals surface area contributed by atoms with Gasteiger partial charge in [0.05, 0.1) is 4.90 Å². The molecule has 0 saturated carbocycles. The van der Waals surface area contributed by atoms with Crippen LogP contribution in [0.1, 0.15) is 18.2 Å². The van der Waals surface area contributed by atoms with Crippen LogP contribution in [0.4, 0.5) is 11.5 Å². The molecule has 0 unspecified atom stereocenters. The van der Waals surface area contributed by atoms with Gasteiger partial charge < -0.3 is 5.73 Å². The number of rotatable bonds is 4. The predicted octanol–water partition coefficient (Wildman–Crippen LogP) is 2.32. The molecule has 0 spiro atoms. The van der Waals surface area contributed by atoms with Gasteiger partial charge in [0.25, 0.3) is 10.0 Å². The zero-order chi connectivity index (χ0) is 14.9. The van der Waals surface area contributed by atoms with Crippen LogP contribution in [-0.4, -0.2) is 18.6 Å². The number of benzene rings is 1. The minimum Gasteiger partial charge on any atom is -0.398 e. The number of nitrogen functional groups attached to an aromatic ring is 1. The monoisotopic (exact) mass is 314 g/mol. The lowest BCUT2D eigenvalue weighted by Crippen LogP contribution is -2.14. The first kappa shape index (κ1) is 14.7. The number of nitrogens with zero attached hydrogens (tertiary/aromatic N) is 1. The third-order valence-electron chi connectivity index (χ3n) is 2.92. The first-order valence-corrected chi connectivity index (χ1v) is 7.82. The van der Waals surface area contributed by atoms with Crippen molar-refractivity contribution in [2.45, 2.75) is 25.2 Å². The van der Waals surface area contributed by atoms with E-state index in [4.69, 9.17) is 17.3 Å². The van der Waals surface area contributed by atoms with Crippen molar-refractivity contribution in [3.05, 3.63) is 34.5 Å². The highest BCUT2D eigenvalue weighted by Crippen LogP contribution is 2.26. The van der Waals surface area contributed by atoms with Crippen LogP contribution < -0.4 is 10.5 Å². The Kier molecular flexibility index (Phi) is 3.92. The first-order valence-electron chi connectivity index (χ1n) is 5.96. The van der Waals surface area contributed by atoms with Crippen LogP contribution in [0.3, 0.4) is 0 Å². The lowest BCUT2D eigenvalue weighted by molar-refractivity contribution is 0.601. The largest absolute Gasteiger partial charge is 0.398 e. The molecule has 8 heteroatoms. The minimum absolute atomic E-state index is 0.00616. The molecule has 0 bridgehead atoms. The Balaban J connectivity index is 2.35. The average Bonchev–Trinajstić information content (AvgIpc) is 2.82. The molecule has 0 amide bonds. The topological polar surface area (TPSA) is 101 Å². The fourth-order valence-corrected chi connectivity index (χ4v) is 2.97. The number of anilines is 2. The number of H-pyrrole nitrogens is 1. The third kappa shape index (κ3) is 2.88. The van der Waals surface area contributed by atoms with Gasteiger partial charge in [0.15, 0.2) is 5.82 Å². The Hall–Kier alpha value is -1.73. The summed E-state index contributed by atoms with van der Waals surface area (Å²) in [6, 6.07) is 4.37. The molecule has 0 saturated heterocycles. The van der Waals surface area contributed by atoms with Crippen LogP contribution >= 0.6 is 11.6 Å². The average molecular weight is 315 g/mol. The quantitative estimate of drug-likeness (QED) is 0.754. The van der Waals surface area contributed by atoms with E-state index in [-0.39, 0.29) is 10.7 Å². The smallest absolute Gasteiger partial charge is 0.263 e. The van der Waals surface area contributed by atoms with E-state index in [0.29, 0.717) is 16.3 Å². The highest BCUT2D eigenvalue weighted by atomic mass is 35.5. The first-order chi connectivity index (χ1) is 9.33. The molecule has 0 aliphatic heterocycles. The summed E-state index contributed by atoms with van der Waals surface area (Å²) < 4.78 is 26.9. The second-order valence-electron chi connectivity index (χ2n) is 4.36. The Morgan fingerprint density at radius 2 is 2.10 bits per heavy atom. The van der Waals surface area contributed by atoms with E-state index in [1.54, 1.807) is 13.0 Å². The molecule has 0 aliphatic carbocycles. The normalized spacial score (nSPS) is 11.6. The predicted molar refractivity (Wildman–Crippen MR) is 79.4 cm³/mol. The number of nitrogens with two attached hydrogens (primary N) is 1. The zero-order valence-electron chi connectivity index (χ0n) is 11.1. The molecule has 4 N–H and O–H groups in total. The highest BCUT2D eigenvalue weighted by molar-refractivity contribution is 7.92. The van der Waals surface area contributed by atoms with Gasteiger partial charge in [0.2, 0.25) is 0 Å². The number of aryl methyl sites for hydroxylation is 1. The third-order valence-corrected chi connectivity index (χ3v) is 4.65. The van der Waals surface area contributed by atoms with Gasteiger partial charge in [0, 0.05) is 22.5 Å². The standard InChI is InChI=1S/C12H15ClN4O2S/c1-3-8-4-12(16-15-8)17-20(18,19)9-5-10(13)7(2)11(14)6-9/h4-6H,3,14H2,1-2H3,(H2,15,16,17). The molecule has 1 aromatic carbocycles. The van der Waals surface area contributed by atoms with Crippen molar-refractivity contribution in [1.82, 2.24) is 10.2 Å². The van der Waals surface area contributed by atoms with E-state index in [1.807, 2.05) is 6.92 Å². The van der Waals surface area contributed by atoms with Crippen molar-refractivity contribution < 1.29 is 8.42 Å². The summed E-state index contributed by atoms with van der Waals surface area (Å²) in [6.45, 7) is 3.66. The molecular formula is C12H15ClN4O2S. The maximum atomic E-state index is 12.2. The summed E-state index contributed by atoms with van der Waals surface area (Å²) >= 11 is 5.96. The Labute approximate surface area is 122 Å². The summed E-state index contributed by atoms with van der Waals surface area (Å²) in [4.78, 5) is 0.00616.